The van der Waals surface area contributed by atoms with Crippen LogP contribution < -0.4 is 5.32 Å². The van der Waals surface area contributed by atoms with Gasteiger partial charge in [0.1, 0.15) is 0 Å². The summed E-state index contributed by atoms with van der Waals surface area (Å²) in [5, 5.41) is 9.58. The van der Waals surface area contributed by atoms with Gasteiger partial charge in [-0.25, -0.2) is 0 Å². The highest BCUT2D eigenvalue weighted by atomic mass is 32.1. The number of nitrogens with zero attached hydrogens (tertiary/aromatic N) is 2. The number of hydrogen-bond acceptors (Lipinski definition) is 5. The Morgan fingerprint density at radius 1 is 1.48 bits per heavy atom. The molecule has 0 fully saturated rings. The first-order valence-corrected chi connectivity index (χ1v) is 8.44. The summed E-state index contributed by atoms with van der Waals surface area (Å²) in [7, 11) is 2.13. The van der Waals surface area contributed by atoms with Gasteiger partial charge in [-0.1, -0.05) is 18.1 Å². The largest absolute Gasteiger partial charge is 0.360 e. The molecular weight excluding hydrogens is 282 g/mol. The van der Waals surface area contributed by atoms with Crippen LogP contribution in [0.2, 0.25) is 0 Å². The molecule has 0 bridgehead atoms. The molecule has 2 aromatic heterocycles. The molecule has 5 heteroatoms. The van der Waals surface area contributed by atoms with E-state index in [1.54, 1.807) is 0 Å². The molecule has 116 valence electrons. The van der Waals surface area contributed by atoms with Crippen molar-refractivity contribution in [3.8, 4) is 0 Å². The van der Waals surface area contributed by atoms with Crippen LogP contribution in [0, 0.1) is 0 Å². The molecule has 0 saturated carbocycles. The van der Waals surface area contributed by atoms with Crippen LogP contribution in [0.1, 0.15) is 36.6 Å². The molecule has 4 nitrogen and oxygen atoms in total. The van der Waals surface area contributed by atoms with E-state index in [0.29, 0.717) is 6.04 Å². The first-order valence-electron chi connectivity index (χ1n) is 7.56. The van der Waals surface area contributed by atoms with Crippen LogP contribution in [0.5, 0.6) is 0 Å². The lowest BCUT2D eigenvalue weighted by atomic mass is 10.2. The van der Waals surface area contributed by atoms with E-state index >= 15 is 0 Å². The summed E-state index contributed by atoms with van der Waals surface area (Å²) in [6.45, 7) is 7.00. The van der Waals surface area contributed by atoms with Crippen LogP contribution >= 0.6 is 11.3 Å². The highest BCUT2D eigenvalue weighted by Gasteiger charge is 2.13. The van der Waals surface area contributed by atoms with Crippen molar-refractivity contribution >= 4 is 11.3 Å². The van der Waals surface area contributed by atoms with Crippen molar-refractivity contribution in [3.05, 3.63) is 39.9 Å². The van der Waals surface area contributed by atoms with E-state index in [1.165, 1.54) is 4.88 Å². The Labute approximate surface area is 131 Å². The fourth-order valence-corrected chi connectivity index (χ4v) is 3.01. The number of likely N-dealkylation sites (N-methyl/N-ethyl adjacent to an activating group) is 1. The number of nitrogens with one attached hydrogen (secondary N) is 1. The molecule has 0 spiro atoms. The topological polar surface area (TPSA) is 41.3 Å². The lowest BCUT2D eigenvalue weighted by molar-refractivity contribution is 0.218. The van der Waals surface area contributed by atoms with Crippen molar-refractivity contribution < 1.29 is 4.52 Å². The van der Waals surface area contributed by atoms with E-state index in [4.69, 9.17) is 4.52 Å². The number of hydrogen-bond donors (Lipinski definition) is 1. The first kappa shape index (κ1) is 16.2. The fourth-order valence-electron chi connectivity index (χ4n) is 2.18. The molecule has 0 aliphatic heterocycles. The van der Waals surface area contributed by atoms with Crippen molar-refractivity contribution in [2.75, 3.05) is 13.6 Å². The van der Waals surface area contributed by atoms with Crippen LogP contribution in [-0.2, 0) is 19.5 Å². The average molecular weight is 307 g/mol. The van der Waals surface area contributed by atoms with E-state index in [0.717, 1.165) is 43.9 Å². The highest BCUT2D eigenvalue weighted by Crippen LogP contribution is 2.15. The van der Waals surface area contributed by atoms with Crippen LogP contribution in [0.15, 0.2) is 28.1 Å². The number of thiophene rings is 1. The van der Waals surface area contributed by atoms with Gasteiger partial charge in [-0.2, -0.15) is 0 Å². The molecule has 2 heterocycles. The van der Waals surface area contributed by atoms with Crippen LogP contribution in [0.4, 0.5) is 0 Å². The van der Waals surface area contributed by atoms with E-state index in [2.05, 4.69) is 59.8 Å². The first-order chi connectivity index (χ1) is 10.2. The van der Waals surface area contributed by atoms with Crippen molar-refractivity contribution in [1.29, 1.82) is 0 Å². The molecule has 21 heavy (non-hydrogen) atoms. The molecule has 1 atom stereocenters. The Hall–Kier alpha value is -1.17. The summed E-state index contributed by atoms with van der Waals surface area (Å²) < 4.78 is 5.42. The van der Waals surface area contributed by atoms with Crippen molar-refractivity contribution in [3.63, 3.8) is 0 Å². The zero-order chi connectivity index (χ0) is 15.1. The summed E-state index contributed by atoms with van der Waals surface area (Å²) in [6.07, 6.45) is 2.21. The van der Waals surface area contributed by atoms with Gasteiger partial charge in [-0.3, -0.25) is 4.90 Å². The highest BCUT2D eigenvalue weighted by molar-refractivity contribution is 7.09. The maximum atomic E-state index is 5.42. The Balaban J connectivity index is 1.80. The minimum Gasteiger partial charge on any atom is -0.360 e. The van der Waals surface area contributed by atoms with E-state index < -0.39 is 0 Å². The van der Waals surface area contributed by atoms with Crippen molar-refractivity contribution in [1.82, 2.24) is 15.4 Å². The SMILES string of the molecule is CCCNCc1cc(CN(C)C(C)Cc2cccs2)on1. The van der Waals surface area contributed by atoms with Crippen LogP contribution in [0.25, 0.3) is 0 Å². The van der Waals surface area contributed by atoms with Crippen molar-refractivity contribution in [2.45, 2.75) is 45.8 Å². The molecule has 1 N–H and O–H groups in total. The van der Waals surface area contributed by atoms with Crippen LogP contribution in [-0.4, -0.2) is 29.7 Å². The summed E-state index contributed by atoms with van der Waals surface area (Å²) >= 11 is 1.82. The minimum absolute atomic E-state index is 0.482. The number of aromatic nitrogens is 1. The minimum atomic E-state index is 0.482. The molecule has 2 aromatic rings. The number of rotatable bonds is 9. The molecule has 0 aliphatic carbocycles. The van der Waals surface area contributed by atoms with Gasteiger partial charge < -0.3 is 9.84 Å². The molecule has 0 amide bonds. The van der Waals surface area contributed by atoms with Gasteiger partial charge in [0.05, 0.1) is 12.2 Å². The maximum Gasteiger partial charge on any atom is 0.151 e. The molecule has 0 aromatic carbocycles. The van der Waals surface area contributed by atoms with E-state index in [9.17, 15) is 0 Å². The smallest absolute Gasteiger partial charge is 0.151 e. The summed E-state index contributed by atoms with van der Waals surface area (Å²) in [6, 6.07) is 6.84. The molecule has 2 rings (SSSR count). The van der Waals surface area contributed by atoms with Gasteiger partial charge in [0.2, 0.25) is 0 Å². The quantitative estimate of drug-likeness (QED) is 0.722. The molecule has 0 saturated heterocycles. The third kappa shape index (κ3) is 5.26. The van der Waals surface area contributed by atoms with Crippen LogP contribution in [0.3, 0.4) is 0 Å². The molecule has 1 unspecified atom stereocenters. The lowest BCUT2D eigenvalue weighted by Gasteiger charge is -2.22. The average Bonchev–Trinajstić information content (AvgIpc) is 3.11. The van der Waals surface area contributed by atoms with Gasteiger partial charge in [-0.05, 0) is 44.8 Å². The second-order valence-electron chi connectivity index (χ2n) is 5.51. The van der Waals surface area contributed by atoms with Crippen molar-refractivity contribution in [2.24, 2.45) is 0 Å². The normalized spacial score (nSPS) is 13.0. The van der Waals surface area contributed by atoms with E-state index in [1.807, 2.05) is 11.3 Å². The molecule has 0 aliphatic rings. The van der Waals surface area contributed by atoms with Gasteiger partial charge >= 0.3 is 0 Å². The Morgan fingerprint density at radius 3 is 3.05 bits per heavy atom. The summed E-state index contributed by atoms with van der Waals surface area (Å²) in [5.74, 6) is 0.934. The van der Waals surface area contributed by atoms with E-state index in [-0.39, 0.29) is 0 Å². The van der Waals surface area contributed by atoms with Gasteiger partial charge in [0.15, 0.2) is 5.76 Å². The molecule has 0 radical (unpaired) electrons. The third-order valence-corrected chi connectivity index (χ3v) is 4.47. The summed E-state index contributed by atoms with van der Waals surface area (Å²) in [4.78, 5) is 3.74. The van der Waals surface area contributed by atoms with Gasteiger partial charge in [0.25, 0.3) is 0 Å². The maximum absolute atomic E-state index is 5.42. The zero-order valence-electron chi connectivity index (χ0n) is 13.1. The van der Waals surface area contributed by atoms with Gasteiger partial charge in [0, 0.05) is 23.5 Å². The Bertz CT molecular complexity index is 509. The predicted octanol–water partition coefficient (Wildman–Crippen LogP) is 3.30. The molecular formula is C16H25N3OS. The summed E-state index contributed by atoms with van der Waals surface area (Å²) in [5.41, 5.74) is 0.984. The monoisotopic (exact) mass is 307 g/mol. The zero-order valence-corrected chi connectivity index (χ0v) is 13.9. The standard InChI is InChI=1S/C16H25N3OS/c1-4-7-17-11-14-10-15(20-18-14)12-19(3)13(2)9-16-6-5-8-21-16/h5-6,8,10,13,17H,4,7,9,11-12H2,1-3H3. The third-order valence-electron chi connectivity index (χ3n) is 3.58. The second-order valence-corrected chi connectivity index (χ2v) is 6.54. The Morgan fingerprint density at radius 2 is 2.33 bits per heavy atom. The second kappa shape index (κ2) is 8.32. The lowest BCUT2D eigenvalue weighted by Crippen LogP contribution is -2.30. The Kier molecular flexibility index (Phi) is 6.42. The van der Waals surface area contributed by atoms with Gasteiger partial charge in [-0.15, -0.1) is 11.3 Å². The fraction of sp³-hybridized carbons (Fsp3) is 0.562. The predicted molar refractivity (Wildman–Crippen MR) is 87.5 cm³/mol.